The van der Waals surface area contributed by atoms with Crippen molar-refractivity contribution in [3.63, 3.8) is 0 Å². The van der Waals surface area contributed by atoms with E-state index in [9.17, 15) is 9.59 Å². The van der Waals surface area contributed by atoms with Crippen LogP contribution in [0, 0.1) is 0 Å². The molecule has 0 aromatic rings. The number of carbonyl (C=O) groups excluding carboxylic acids is 2. The predicted octanol–water partition coefficient (Wildman–Crippen LogP) is -1.05. The topological polar surface area (TPSA) is 72.2 Å². The number of aldehydes is 1. The summed E-state index contributed by atoms with van der Waals surface area (Å²) in [4.78, 5) is 21.0. The summed E-state index contributed by atoms with van der Waals surface area (Å²) in [5, 5.41) is 2.41. The van der Waals surface area contributed by atoms with Gasteiger partial charge in [0.1, 0.15) is 6.29 Å². The van der Waals surface area contributed by atoms with Gasteiger partial charge in [-0.1, -0.05) is 0 Å². The summed E-state index contributed by atoms with van der Waals surface area (Å²) >= 11 is 3.85. The van der Waals surface area contributed by atoms with Gasteiger partial charge in [-0.2, -0.15) is 12.6 Å². The Morgan fingerprint density at radius 1 is 1.82 bits per heavy atom. The molecule has 11 heavy (non-hydrogen) atoms. The first-order valence-corrected chi connectivity index (χ1v) is 3.87. The fraction of sp³-hybridized carbons (Fsp3) is 0.667. The zero-order valence-electron chi connectivity index (χ0n) is 6.28. The maximum absolute atomic E-state index is 10.8. The first-order chi connectivity index (χ1) is 5.11. The number of nitrogens with two attached hydrogens (primary N) is 1. The highest BCUT2D eigenvalue weighted by Gasteiger charge is 2.11. The third kappa shape index (κ3) is 4.00. The molecule has 4 nitrogen and oxygen atoms in total. The van der Waals surface area contributed by atoms with Gasteiger partial charge in [0.15, 0.2) is 0 Å². The van der Waals surface area contributed by atoms with Crippen molar-refractivity contribution < 1.29 is 9.59 Å². The fourth-order valence-corrected chi connectivity index (χ4v) is 0.614. The number of nitrogens with one attached hydrogen (secondary N) is 1. The van der Waals surface area contributed by atoms with Crippen LogP contribution in [0.3, 0.4) is 0 Å². The van der Waals surface area contributed by atoms with Gasteiger partial charge in [-0.05, 0) is 6.92 Å². The summed E-state index contributed by atoms with van der Waals surface area (Å²) < 4.78 is 0. The third-order valence-corrected chi connectivity index (χ3v) is 1.50. The van der Waals surface area contributed by atoms with Crippen LogP contribution in [-0.2, 0) is 9.59 Å². The molecule has 0 spiro atoms. The summed E-state index contributed by atoms with van der Waals surface area (Å²) in [6.45, 7) is 1.55. The predicted molar refractivity (Wildman–Crippen MR) is 45.5 cm³/mol. The SMILES string of the molecule is C[C@H](N)C(=O)N[C@H](C=O)CS. The van der Waals surface area contributed by atoms with Gasteiger partial charge in [-0.15, -0.1) is 0 Å². The van der Waals surface area contributed by atoms with Crippen LogP contribution in [0.4, 0.5) is 0 Å². The summed E-state index contributed by atoms with van der Waals surface area (Å²) in [7, 11) is 0. The minimum atomic E-state index is -0.586. The first-order valence-electron chi connectivity index (χ1n) is 3.24. The van der Waals surface area contributed by atoms with Gasteiger partial charge in [0.25, 0.3) is 0 Å². The summed E-state index contributed by atoms with van der Waals surface area (Å²) in [5.41, 5.74) is 5.24. The van der Waals surface area contributed by atoms with Gasteiger partial charge in [-0.3, -0.25) is 4.79 Å². The Kier molecular flexibility index (Phi) is 4.89. The van der Waals surface area contributed by atoms with Crippen molar-refractivity contribution in [2.24, 2.45) is 5.73 Å². The van der Waals surface area contributed by atoms with E-state index in [2.05, 4.69) is 17.9 Å². The molecule has 0 aliphatic heterocycles. The number of thiol groups is 1. The van der Waals surface area contributed by atoms with Gasteiger partial charge in [0, 0.05) is 5.75 Å². The average Bonchev–Trinajstić information content (AvgIpc) is 1.99. The smallest absolute Gasteiger partial charge is 0.237 e. The monoisotopic (exact) mass is 176 g/mol. The van der Waals surface area contributed by atoms with E-state index in [1.54, 1.807) is 6.92 Å². The van der Waals surface area contributed by atoms with E-state index in [0.717, 1.165) is 0 Å². The molecule has 0 bridgehead atoms. The molecule has 0 aromatic heterocycles. The second-order valence-corrected chi connectivity index (χ2v) is 2.59. The summed E-state index contributed by atoms with van der Waals surface area (Å²) in [6, 6.07) is -1.12. The van der Waals surface area contributed by atoms with E-state index in [4.69, 9.17) is 5.73 Å². The molecule has 0 saturated carbocycles. The van der Waals surface area contributed by atoms with Gasteiger partial charge < -0.3 is 15.8 Å². The summed E-state index contributed by atoms with van der Waals surface area (Å²) in [6.07, 6.45) is 0.632. The highest BCUT2D eigenvalue weighted by molar-refractivity contribution is 7.80. The van der Waals surface area contributed by atoms with E-state index in [-0.39, 0.29) is 5.91 Å². The third-order valence-electron chi connectivity index (χ3n) is 1.10. The van der Waals surface area contributed by atoms with Gasteiger partial charge >= 0.3 is 0 Å². The molecule has 3 N–H and O–H groups in total. The largest absolute Gasteiger partial charge is 0.344 e. The van der Waals surface area contributed by atoms with Crippen LogP contribution in [0.15, 0.2) is 0 Å². The van der Waals surface area contributed by atoms with Crippen molar-refractivity contribution in [3.05, 3.63) is 0 Å². The van der Waals surface area contributed by atoms with E-state index in [1.807, 2.05) is 0 Å². The minimum absolute atomic E-state index is 0.294. The average molecular weight is 176 g/mol. The highest BCUT2D eigenvalue weighted by Crippen LogP contribution is 1.84. The fourth-order valence-electron chi connectivity index (χ4n) is 0.437. The van der Waals surface area contributed by atoms with Crippen LogP contribution < -0.4 is 11.1 Å². The van der Waals surface area contributed by atoms with E-state index >= 15 is 0 Å². The molecule has 0 fully saturated rings. The Hall–Kier alpha value is -0.550. The molecule has 0 aromatic carbocycles. The van der Waals surface area contributed by atoms with E-state index < -0.39 is 12.1 Å². The molecule has 0 radical (unpaired) electrons. The molecule has 1 amide bonds. The molecule has 0 saturated heterocycles. The molecule has 2 atom stereocenters. The zero-order valence-corrected chi connectivity index (χ0v) is 7.17. The van der Waals surface area contributed by atoms with Crippen molar-refractivity contribution in [2.75, 3.05) is 5.75 Å². The molecular formula is C6H12N2O2S. The van der Waals surface area contributed by atoms with Crippen LogP contribution in [0.2, 0.25) is 0 Å². The molecule has 5 heteroatoms. The normalized spacial score (nSPS) is 15.2. The lowest BCUT2D eigenvalue weighted by Gasteiger charge is -2.11. The second kappa shape index (κ2) is 5.15. The minimum Gasteiger partial charge on any atom is -0.344 e. The van der Waals surface area contributed by atoms with Crippen molar-refractivity contribution in [3.8, 4) is 0 Å². The standard InChI is InChI=1S/C6H12N2O2S/c1-4(7)6(10)8-5(2-9)3-11/h2,4-5,11H,3,7H2,1H3,(H,8,10)/t4-,5+/m0/s1. The number of hydrogen-bond acceptors (Lipinski definition) is 4. The van der Waals surface area contributed by atoms with Crippen LogP contribution >= 0.6 is 12.6 Å². The highest BCUT2D eigenvalue weighted by atomic mass is 32.1. The van der Waals surface area contributed by atoms with Crippen molar-refractivity contribution >= 4 is 24.8 Å². The lowest BCUT2D eigenvalue weighted by Crippen LogP contribution is -2.45. The Morgan fingerprint density at radius 3 is 2.64 bits per heavy atom. The number of hydrogen-bond donors (Lipinski definition) is 3. The molecule has 64 valence electrons. The Morgan fingerprint density at radius 2 is 2.36 bits per heavy atom. The molecule has 0 heterocycles. The Labute approximate surface area is 70.9 Å². The molecule has 0 aliphatic carbocycles. The Bertz CT molecular complexity index is 150. The zero-order chi connectivity index (χ0) is 8.85. The van der Waals surface area contributed by atoms with Crippen molar-refractivity contribution in [1.29, 1.82) is 0 Å². The second-order valence-electron chi connectivity index (χ2n) is 2.22. The molecular weight excluding hydrogens is 164 g/mol. The molecule has 0 rings (SSSR count). The number of rotatable bonds is 4. The quantitative estimate of drug-likeness (QED) is 0.378. The van der Waals surface area contributed by atoms with Gasteiger partial charge in [0.2, 0.25) is 5.91 Å². The van der Waals surface area contributed by atoms with E-state index in [1.165, 1.54) is 0 Å². The Balaban J connectivity index is 3.81. The van der Waals surface area contributed by atoms with Gasteiger partial charge in [0.05, 0.1) is 12.1 Å². The maximum Gasteiger partial charge on any atom is 0.237 e. The summed E-state index contributed by atoms with van der Waals surface area (Å²) in [5.74, 6) is -0.0433. The van der Waals surface area contributed by atoms with Crippen molar-refractivity contribution in [2.45, 2.75) is 19.0 Å². The van der Waals surface area contributed by atoms with Crippen LogP contribution in [0.5, 0.6) is 0 Å². The lowest BCUT2D eigenvalue weighted by atomic mass is 10.3. The first kappa shape index (κ1) is 10.4. The maximum atomic E-state index is 10.8. The van der Waals surface area contributed by atoms with Crippen LogP contribution in [0.1, 0.15) is 6.92 Å². The van der Waals surface area contributed by atoms with Crippen molar-refractivity contribution in [1.82, 2.24) is 5.32 Å². The molecule has 0 unspecified atom stereocenters. The van der Waals surface area contributed by atoms with E-state index in [0.29, 0.717) is 12.0 Å². The van der Waals surface area contributed by atoms with Crippen LogP contribution in [-0.4, -0.2) is 30.0 Å². The molecule has 0 aliphatic rings. The lowest BCUT2D eigenvalue weighted by molar-refractivity contribution is -0.124. The number of amides is 1. The number of carbonyl (C=O) groups is 2. The van der Waals surface area contributed by atoms with Crippen LogP contribution in [0.25, 0.3) is 0 Å². The van der Waals surface area contributed by atoms with Gasteiger partial charge in [-0.25, -0.2) is 0 Å².